The molecule has 0 amide bonds. The molecule has 30 heavy (non-hydrogen) atoms. The molecule has 0 aliphatic carbocycles. The Morgan fingerprint density at radius 1 is 1.10 bits per heavy atom. The first-order valence-electron chi connectivity index (χ1n) is 10.3. The van der Waals surface area contributed by atoms with Gasteiger partial charge in [0.05, 0.1) is 24.9 Å². The van der Waals surface area contributed by atoms with Gasteiger partial charge in [0.25, 0.3) is 0 Å². The van der Waals surface area contributed by atoms with Gasteiger partial charge in [-0.05, 0) is 75.8 Å². The van der Waals surface area contributed by atoms with E-state index >= 15 is 0 Å². The summed E-state index contributed by atoms with van der Waals surface area (Å²) in [5.74, 6) is 0.808. The summed E-state index contributed by atoms with van der Waals surface area (Å²) in [6, 6.07) is 16.7. The Labute approximate surface area is 183 Å². The van der Waals surface area contributed by atoms with Gasteiger partial charge in [0.15, 0.2) is 5.11 Å². The van der Waals surface area contributed by atoms with E-state index in [1.807, 2.05) is 36.5 Å². The van der Waals surface area contributed by atoms with E-state index in [2.05, 4.69) is 65.7 Å². The Bertz CT molecular complexity index is 1060. The van der Waals surface area contributed by atoms with Gasteiger partial charge in [0.1, 0.15) is 5.75 Å². The molecule has 1 aliphatic heterocycles. The summed E-state index contributed by atoms with van der Waals surface area (Å²) in [4.78, 5) is 6.84. The van der Waals surface area contributed by atoms with Crippen LogP contribution in [0.3, 0.4) is 0 Å². The van der Waals surface area contributed by atoms with Crippen LogP contribution in [0.4, 0.5) is 5.69 Å². The standard InChI is InChI=1S/C24H28N4OS/c1-15(2)27-16(3)13-20(17(27)4)23-22(21-11-6-7-12-25-21)26-24(30)28(23)18-9-8-10-19(14-18)29-5/h6-15,22-23H,1-5H3,(H,26,30)/t22-,23+/m0/s1. The third kappa shape index (κ3) is 3.45. The molecular weight excluding hydrogens is 392 g/mol. The molecule has 1 saturated heterocycles. The van der Waals surface area contributed by atoms with E-state index in [0.717, 1.165) is 17.1 Å². The van der Waals surface area contributed by atoms with Crippen LogP contribution in [0.2, 0.25) is 0 Å². The van der Waals surface area contributed by atoms with Crippen molar-refractivity contribution in [2.24, 2.45) is 0 Å². The minimum atomic E-state index is -0.0500. The topological polar surface area (TPSA) is 42.3 Å². The number of ether oxygens (including phenoxy) is 1. The molecule has 6 heteroatoms. The summed E-state index contributed by atoms with van der Waals surface area (Å²) >= 11 is 5.83. The van der Waals surface area contributed by atoms with Crippen LogP contribution >= 0.6 is 12.2 Å². The number of methoxy groups -OCH3 is 1. The van der Waals surface area contributed by atoms with E-state index in [-0.39, 0.29) is 12.1 Å². The van der Waals surface area contributed by atoms with Crippen molar-refractivity contribution in [3.8, 4) is 5.75 Å². The van der Waals surface area contributed by atoms with Gasteiger partial charge in [0.2, 0.25) is 0 Å². The second-order valence-corrected chi connectivity index (χ2v) is 8.38. The molecule has 1 aliphatic rings. The van der Waals surface area contributed by atoms with Gasteiger partial charge in [-0.3, -0.25) is 4.98 Å². The maximum absolute atomic E-state index is 5.83. The molecule has 0 bridgehead atoms. The largest absolute Gasteiger partial charge is 0.497 e. The fourth-order valence-electron chi connectivity index (χ4n) is 4.61. The second-order valence-electron chi connectivity index (χ2n) is 7.99. The fraction of sp³-hybridized carbons (Fsp3) is 0.333. The summed E-state index contributed by atoms with van der Waals surface area (Å²) in [6.45, 7) is 8.81. The molecule has 156 valence electrons. The molecule has 2 atom stereocenters. The van der Waals surface area contributed by atoms with E-state index in [4.69, 9.17) is 17.0 Å². The van der Waals surface area contributed by atoms with Crippen molar-refractivity contribution in [3.63, 3.8) is 0 Å². The summed E-state index contributed by atoms with van der Waals surface area (Å²) in [5.41, 5.74) is 5.75. The monoisotopic (exact) mass is 420 g/mol. The predicted octanol–water partition coefficient (Wildman–Crippen LogP) is 5.27. The van der Waals surface area contributed by atoms with Crippen molar-refractivity contribution in [3.05, 3.63) is 77.4 Å². The zero-order valence-electron chi connectivity index (χ0n) is 18.1. The zero-order chi connectivity index (χ0) is 21.4. The Morgan fingerprint density at radius 3 is 2.53 bits per heavy atom. The van der Waals surface area contributed by atoms with Gasteiger partial charge in [-0.25, -0.2) is 0 Å². The smallest absolute Gasteiger partial charge is 0.174 e. The lowest BCUT2D eigenvalue weighted by Gasteiger charge is -2.28. The minimum absolute atomic E-state index is 0.0155. The molecule has 5 nitrogen and oxygen atoms in total. The highest BCUT2D eigenvalue weighted by molar-refractivity contribution is 7.80. The second kappa shape index (κ2) is 8.11. The van der Waals surface area contributed by atoms with Crippen molar-refractivity contribution in [1.29, 1.82) is 0 Å². The van der Waals surface area contributed by atoms with Gasteiger partial charge in [0, 0.05) is 35.4 Å². The van der Waals surface area contributed by atoms with E-state index < -0.39 is 0 Å². The number of aryl methyl sites for hydroxylation is 1. The predicted molar refractivity (Wildman–Crippen MR) is 125 cm³/mol. The normalized spacial score (nSPS) is 18.7. The lowest BCUT2D eigenvalue weighted by atomic mass is 9.96. The zero-order valence-corrected chi connectivity index (χ0v) is 18.9. The minimum Gasteiger partial charge on any atom is -0.497 e. The van der Waals surface area contributed by atoms with Gasteiger partial charge in [-0.1, -0.05) is 12.1 Å². The average molecular weight is 421 g/mol. The number of nitrogens with zero attached hydrogens (tertiary/aromatic N) is 3. The first-order chi connectivity index (χ1) is 14.4. The Kier molecular flexibility index (Phi) is 5.52. The van der Waals surface area contributed by atoms with Crippen LogP contribution in [0.1, 0.15) is 54.6 Å². The lowest BCUT2D eigenvalue weighted by Crippen LogP contribution is -2.29. The van der Waals surface area contributed by atoms with Crippen LogP contribution in [0, 0.1) is 13.8 Å². The molecule has 0 unspecified atom stereocenters. The Morgan fingerprint density at radius 2 is 1.90 bits per heavy atom. The maximum atomic E-state index is 5.83. The first-order valence-corrected chi connectivity index (χ1v) is 10.7. The molecule has 4 rings (SSSR count). The lowest BCUT2D eigenvalue weighted by molar-refractivity contribution is 0.415. The van der Waals surface area contributed by atoms with Gasteiger partial charge < -0.3 is 19.5 Å². The molecule has 0 radical (unpaired) electrons. The summed E-state index contributed by atoms with van der Waals surface area (Å²) in [6.07, 6.45) is 1.84. The molecular formula is C24H28N4OS. The molecule has 1 N–H and O–H groups in total. The van der Waals surface area contributed by atoms with Gasteiger partial charge in [-0.2, -0.15) is 0 Å². The molecule has 1 fully saturated rings. The number of thiocarbonyl (C=S) groups is 1. The Hall–Kier alpha value is -2.86. The number of pyridine rings is 1. The van der Waals surface area contributed by atoms with Crippen molar-refractivity contribution < 1.29 is 4.74 Å². The van der Waals surface area contributed by atoms with Crippen LogP contribution in [-0.2, 0) is 0 Å². The van der Waals surface area contributed by atoms with Crippen LogP contribution < -0.4 is 15.0 Å². The van der Waals surface area contributed by atoms with Gasteiger partial charge >= 0.3 is 0 Å². The third-order valence-electron chi connectivity index (χ3n) is 5.79. The number of rotatable bonds is 5. The summed E-state index contributed by atoms with van der Waals surface area (Å²) < 4.78 is 7.86. The van der Waals surface area contributed by atoms with Crippen LogP contribution in [0.25, 0.3) is 0 Å². The molecule has 3 heterocycles. The third-order valence-corrected chi connectivity index (χ3v) is 6.10. The van der Waals surface area contributed by atoms with E-state index in [9.17, 15) is 0 Å². The van der Waals surface area contributed by atoms with E-state index in [1.54, 1.807) is 7.11 Å². The average Bonchev–Trinajstić information content (AvgIpc) is 3.24. The highest BCUT2D eigenvalue weighted by Crippen LogP contribution is 2.44. The highest BCUT2D eigenvalue weighted by Gasteiger charge is 2.42. The number of aromatic nitrogens is 2. The van der Waals surface area contributed by atoms with E-state index in [1.165, 1.54) is 17.0 Å². The molecule has 0 saturated carbocycles. The van der Waals surface area contributed by atoms with E-state index in [0.29, 0.717) is 11.2 Å². The number of benzene rings is 1. The van der Waals surface area contributed by atoms with Crippen molar-refractivity contribution in [2.45, 2.75) is 45.8 Å². The Balaban J connectivity index is 1.89. The fourth-order valence-corrected chi connectivity index (χ4v) is 4.95. The molecule has 3 aromatic rings. The maximum Gasteiger partial charge on any atom is 0.174 e. The molecule has 1 aromatic carbocycles. The summed E-state index contributed by atoms with van der Waals surface area (Å²) in [5, 5.41) is 4.23. The molecule has 0 spiro atoms. The van der Waals surface area contributed by atoms with Crippen molar-refractivity contribution >= 4 is 23.0 Å². The SMILES string of the molecule is COc1cccc(N2C(=S)N[C@@H](c3ccccn3)[C@H]2c2cc(C)n(C(C)C)c2C)c1. The quantitative estimate of drug-likeness (QED) is 0.570. The number of hydrogen-bond donors (Lipinski definition) is 1. The number of anilines is 1. The van der Waals surface area contributed by atoms with Crippen LogP contribution in [0.15, 0.2) is 54.7 Å². The number of hydrogen-bond acceptors (Lipinski definition) is 3. The first kappa shape index (κ1) is 20.4. The van der Waals surface area contributed by atoms with Crippen molar-refractivity contribution in [1.82, 2.24) is 14.9 Å². The number of nitrogens with one attached hydrogen (secondary N) is 1. The summed E-state index contributed by atoms with van der Waals surface area (Å²) in [7, 11) is 1.68. The van der Waals surface area contributed by atoms with Crippen molar-refractivity contribution in [2.75, 3.05) is 12.0 Å². The van der Waals surface area contributed by atoms with Crippen LogP contribution in [-0.4, -0.2) is 21.8 Å². The highest BCUT2D eigenvalue weighted by atomic mass is 32.1. The van der Waals surface area contributed by atoms with Crippen LogP contribution in [0.5, 0.6) is 5.75 Å². The molecule has 2 aromatic heterocycles. The van der Waals surface area contributed by atoms with Gasteiger partial charge in [-0.15, -0.1) is 0 Å².